The molecular weight excluding hydrogens is 454 g/mol. The number of rotatable bonds is 7. The summed E-state index contributed by atoms with van der Waals surface area (Å²) in [5.41, 5.74) is 3.13. The molecule has 0 aliphatic carbocycles. The Morgan fingerprint density at radius 1 is 1.18 bits per heavy atom. The number of piperidine rings is 1. The third-order valence-corrected chi connectivity index (χ3v) is 7.35. The zero-order valence-electron chi connectivity index (χ0n) is 19.6. The molecule has 0 radical (unpaired) electrons. The Balaban J connectivity index is 1.31. The Bertz CT molecular complexity index is 1270. The first kappa shape index (κ1) is 23.9. The second kappa shape index (κ2) is 9.94. The van der Waals surface area contributed by atoms with Gasteiger partial charge in [0.25, 0.3) is 0 Å². The Kier molecular flexibility index (Phi) is 6.99. The average molecular weight is 484 g/mol. The molecule has 0 atom stereocenters. The van der Waals surface area contributed by atoms with Crippen LogP contribution in [0, 0.1) is 12.8 Å². The van der Waals surface area contributed by atoms with Crippen molar-refractivity contribution in [1.29, 1.82) is 0 Å². The number of anilines is 2. The molecule has 1 N–H and O–H groups in total. The minimum atomic E-state index is -3.37. The monoisotopic (exact) mass is 483 g/mol. The van der Waals surface area contributed by atoms with Gasteiger partial charge in [-0.2, -0.15) is 4.98 Å². The summed E-state index contributed by atoms with van der Waals surface area (Å²) in [7, 11) is -1.89. The minimum Gasteiger partial charge on any atom is -0.338 e. The van der Waals surface area contributed by atoms with Gasteiger partial charge in [-0.15, -0.1) is 0 Å². The fourth-order valence-electron chi connectivity index (χ4n) is 4.01. The molecule has 1 fully saturated rings. The van der Waals surface area contributed by atoms with Crippen LogP contribution in [0.25, 0.3) is 11.4 Å². The number of hydrogen-bond donors (Lipinski definition) is 1. The molecule has 0 saturated carbocycles. The lowest BCUT2D eigenvalue weighted by molar-refractivity contribution is -0.121. The fraction of sp³-hybridized carbons (Fsp3) is 0.375. The highest BCUT2D eigenvalue weighted by atomic mass is 32.2. The van der Waals surface area contributed by atoms with Crippen molar-refractivity contribution in [2.75, 3.05) is 36.0 Å². The highest BCUT2D eigenvalue weighted by Gasteiger charge is 2.26. The number of sulfonamides is 1. The first-order chi connectivity index (χ1) is 16.2. The van der Waals surface area contributed by atoms with Crippen molar-refractivity contribution in [3.63, 3.8) is 0 Å². The van der Waals surface area contributed by atoms with Gasteiger partial charge in [-0.25, -0.2) is 8.42 Å². The van der Waals surface area contributed by atoms with Crippen LogP contribution in [-0.4, -0.2) is 55.8 Å². The Morgan fingerprint density at radius 2 is 1.91 bits per heavy atom. The highest BCUT2D eigenvalue weighted by molar-refractivity contribution is 7.92. The van der Waals surface area contributed by atoms with Crippen LogP contribution in [0.3, 0.4) is 0 Å². The number of aryl methyl sites for hydroxylation is 1. The summed E-state index contributed by atoms with van der Waals surface area (Å²) in [4.78, 5) is 19.5. The standard InChI is InChI=1S/C24H29N5O4S/c1-17-7-4-5-10-21(17)23-26-22(33-27-23)16-29-13-11-18(12-14-29)24(30)25-19-8-6-9-20(15-19)28(2)34(3,31)32/h4-10,15,18H,11-14,16H2,1-3H3,(H,25,30). The maximum atomic E-state index is 12.8. The lowest BCUT2D eigenvalue weighted by Crippen LogP contribution is -2.37. The summed E-state index contributed by atoms with van der Waals surface area (Å²) in [5.74, 6) is 0.982. The molecule has 3 aromatic rings. The molecule has 2 aromatic carbocycles. The van der Waals surface area contributed by atoms with Crippen LogP contribution in [0.1, 0.15) is 24.3 Å². The van der Waals surface area contributed by atoms with Crippen LogP contribution in [0.15, 0.2) is 53.1 Å². The molecule has 34 heavy (non-hydrogen) atoms. The second-order valence-electron chi connectivity index (χ2n) is 8.65. The SMILES string of the molecule is Cc1ccccc1-c1noc(CN2CCC(C(=O)Nc3cccc(N(C)S(C)(=O)=O)c3)CC2)n1. The summed E-state index contributed by atoms with van der Waals surface area (Å²) in [6.45, 7) is 4.06. The molecule has 2 heterocycles. The summed E-state index contributed by atoms with van der Waals surface area (Å²) < 4.78 is 30.2. The van der Waals surface area contributed by atoms with E-state index in [4.69, 9.17) is 4.52 Å². The van der Waals surface area contributed by atoms with Gasteiger partial charge in [-0.1, -0.05) is 35.5 Å². The Labute approximate surface area is 199 Å². The Hall–Kier alpha value is -3.24. The van der Waals surface area contributed by atoms with Crippen LogP contribution in [0.4, 0.5) is 11.4 Å². The molecule has 0 bridgehead atoms. The lowest BCUT2D eigenvalue weighted by Gasteiger charge is -2.30. The van der Waals surface area contributed by atoms with Crippen molar-refractivity contribution in [3.05, 3.63) is 60.0 Å². The van der Waals surface area contributed by atoms with Gasteiger partial charge in [0.2, 0.25) is 27.6 Å². The zero-order valence-corrected chi connectivity index (χ0v) is 20.4. The second-order valence-corrected chi connectivity index (χ2v) is 10.7. The highest BCUT2D eigenvalue weighted by Crippen LogP contribution is 2.25. The van der Waals surface area contributed by atoms with Crippen LogP contribution in [-0.2, 0) is 21.4 Å². The van der Waals surface area contributed by atoms with Gasteiger partial charge in [0.05, 0.1) is 18.5 Å². The number of carbonyl (C=O) groups is 1. The third kappa shape index (κ3) is 5.63. The van der Waals surface area contributed by atoms with E-state index in [-0.39, 0.29) is 11.8 Å². The minimum absolute atomic E-state index is 0.0570. The van der Waals surface area contributed by atoms with Gasteiger partial charge >= 0.3 is 0 Å². The van der Waals surface area contributed by atoms with Crippen LogP contribution >= 0.6 is 0 Å². The molecule has 0 spiro atoms. The van der Waals surface area contributed by atoms with Crippen molar-refractivity contribution in [1.82, 2.24) is 15.0 Å². The van der Waals surface area contributed by atoms with Crippen molar-refractivity contribution >= 4 is 27.3 Å². The van der Waals surface area contributed by atoms with E-state index in [0.717, 1.165) is 30.5 Å². The number of nitrogens with one attached hydrogen (secondary N) is 1. The molecular formula is C24H29N5O4S. The summed E-state index contributed by atoms with van der Waals surface area (Å²) in [5, 5.41) is 7.05. The van der Waals surface area contributed by atoms with Gasteiger partial charge < -0.3 is 9.84 Å². The van der Waals surface area contributed by atoms with Crippen molar-refractivity contribution in [3.8, 4) is 11.4 Å². The quantitative estimate of drug-likeness (QED) is 0.549. The first-order valence-corrected chi connectivity index (χ1v) is 13.0. The predicted molar refractivity (Wildman–Crippen MR) is 131 cm³/mol. The third-order valence-electron chi connectivity index (χ3n) is 6.15. The number of hydrogen-bond acceptors (Lipinski definition) is 7. The van der Waals surface area contributed by atoms with Crippen molar-refractivity contribution in [2.45, 2.75) is 26.3 Å². The molecule has 1 amide bonds. The molecule has 1 saturated heterocycles. The molecule has 4 rings (SSSR count). The maximum Gasteiger partial charge on any atom is 0.241 e. The molecule has 10 heteroatoms. The lowest BCUT2D eigenvalue weighted by atomic mass is 9.96. The van der Waals surface area contributed by atoms with E-state index in [1.54, 1.807) is 24.3 Å². The Morgan fingerprint density at radius 3 is 2.62 bits per heavy atom. The summed E-state index contributed by atoms with van der Waals surface area (Å²) >= 11 is 0. The first-order valence-electron chi connectivity index (χ1n) is 11.2. The van der Waals surface area contributed by atoms with E-state index in [2.05, 4.69) is 20.4 Å². The van der Waals surface area contributed by atoms with Gasteiger partial charge in [0.15, 0.2) is 0 Å². The van der Waals surface area contributed by atoms with Gasteiger partial charge in [-0.3, -0.25) is 14.0 Å². The number of likely N-dealkylation sites (tertiary alicyclic amines) is 1. The number of nitrogens with zero attached hydrogens (tertiary/aromatic N) is 4. The van der Waals surface area contributed by atoms with E-state index < -0.39 is 10.0 Å². The average Bonchev–Trinajstić information content (AvgIpc) is 3.27. The van der Waals surface area contributed by atoms with E-state index in [9.17, 15) is 13.2 Å². The smallest absolute Gasteiger partial charge is 0.241 e. The number of aromatic nitrogens is 2. The van der Waals surface area contributed by atoms with E-state index in [1.165, 1.54) is 11.4 Å². The van der Waals surface area contributed by atoms with Crippen LogP contribution < -0.4 is 9.62 Å². The van der Waals surface area contributed by atoms with Crippen LogP contribution in [0.2, 0.25) is 0 Å². The molecule has 0 unspecified atom stereocenters. The van der Waals surface area contributed by atoms with Crippen molar-refractivity contribution in [2.24, 2.45) is 5.92 Å². The van der Waals surface area contributed by atoms with Gasteiger partial charge in [0.1, 0.15) is 0 Å². The van der Waals surface area contributed by atoms with Gasteiger partial charge in [-0.05, 0) is 56.6 Å². The molecule has 9 nitrogen and oxygen atoms in total. The van der Waals surface area contributed by atoms with E-state index in [1.807, 2.05) is 31.2 Å². The number of carbonyl (C=O) groups excluding carboxylic acids is 1. The van der Waals surface area contributed by atoms with E-state index >= 15 is 0 Å². The van der Waals surface area contributed by atoms with Crippen molar-refractivity contribution < 1.29 is 17.7 Å². The number of amides is 1. The fourth-order valence-corrected chi connectivity index (χ4v) is 4.51. The molecule has 1 aromatic heterocycles. The molecule has 180 valence electrons. The maximum absolute atomic E-state index is 12.8. The normalized spacial score (nSPS) is 15.3. The molecule has 1 aliphatic heterocycles. The van der Waals surface area contributed by atoms with Gasteiger partial charge in [0, 0.05) is 24.2 Å². The topological polar surface area (TPSA) is 109 Å². The summed E-state index contributed by atoms with van der Waals surface area (Å²) in [6.07, 6.45) is 2.57. The largest absolute Gasteiger partial charge is 0.338 e. The van der Waals surface area contributed by atoms with Crippen LogP contribution in [0.5, 0.6) is 0 Å². The zero-order chi connectivity index (χ0) is 24.3. The summed E-state index contributed by atoms with van der Waals surface area (Å²) in [6, 6.07) is 14.8. The van der Waals surface area contributed by atoms with E-state index in [0.29, 0.717) is 42.5 Å². The predicted octanol–water partition coefficient (Wildman–Crippen LogP) is 3.29. The molecule has 1 aliphatic rings. The number of benzene rings is 2.